The van der Waals surface area contributed by atoms with E-state index >= 15 is 0 Å². The number of benzene rings is 2. The van der Waals surface area contributed by atoms with Crippen LogP contribution in [0.5, 0.6) is 17.2 Å². The molecule has 132 valence electrons. The summed E-state index contributed by atoms with van der Waals surface area (Å²) >= 11 is 0. The molecule has 2 aliphatic rings. The highest BCUT2D eigenvalue weighted by atomic mass is 16.7. The maximum Gasteiger partial charge on any atom is 0.333 e. The molecule has 0 atom stereocenters. The zero-order valence-electron chi connectivity index (χ0n) is 14.0. The summed E-state index contributed by atoms with van der Waals surface area (Å²) in [4.78, 5) is 26.1. The molecule has 0 spiro atoms. The second kappa shape index (κ2) is 6.44. The molecule has 0 radical (unpaired) electrons. The third-order valence-electron chi connectivity index (χ3n) is 4.00. The van der Waals surface area contributed by atoms with Crippen LogP contribution in [0.3, 0.4) is 0 Å². The number of imide groups is 1. The number of amides is 3. The zero-order chi connectivity index (χ0) is 18.1. The van der Waals surface area contributed by atoms with Crippen molar-refractivity contribution >= 4 is 23.7 Å². The maximum atomic E-state index is 12.7. The van der Waals surface area contributed by atoms with E-state index in [1.165, 1.54) is 0 Å². The molecular weight excluding hydrogens is 336 g/mol. The molecule has 0 aliphatic carbocycles. The molecule has 26 heavy (non-hydrogen) atoms. The maximum absolute atomic E-state index is 12.7. The van der Waals surface area contributed by atoms with Crippen molar-refractivity contribution in [1.29, 1.82) is 0 Å². The topological polar surface area (TPSA) is 77.1 Å². The number of nitrogens with one attached hydrogen (secondary N) is 1. The Morgan fingerprint density at radius 3 is 2.62 bits per heavy atom. The minimum absolute atomic E-state index is 0.137. The Morgan fingerprint density at radius 2 is 1.88 bits per heavy atom. The first kappa shape index (κ1) is 16.0. The van der Waals surface area contributed by atoms with Crippen LogP contribution in [-0.2, 0) is 4.79 Å². The fourth-order valence-electron chi connectivity index (χ4n) is 2.83. The molecule has 2 aromatic rings. The summed E-state index contributed by atoms with van der Waals surface area (Å²) in [5.74, 6) is 1.27. The number of anilines is 1. The van der Waals surface area contributed by atoms with Gasteiger partial charge in [-0.05, 0) is 31.2 Å². The van der Waals surface area contributed by atoms with Crippen LogP contribution in [0.1, 0.15) is 12.5 Å². The van der Waals surface area contributed by atoms with Crippen molar-refractivity contribution in [2.24, 2.45) is 0 Å². The summed E-state index contributed by atoms with van der Waals surface area (Å²) in [6.45, 7) is 2.45. The first-order valence-corrected chi connectivity index (χ1v) is 8.16. The fraction of sp³-hybridized carbons (Fsp3) is 0.158. The quantitative estimate of drug-likeness (QED) is 0.676. The van der Waals surface area contributed by atoms with Crippen LogP contribution >= 0.6 is 0 Å². The largest absolute Gasteiger partial charge is 0.493 e. The van der Waals surface area contributed by atoms with Crippen molar-refractivity contribution in [3.8, 4) is 17.2 Å². The van der Waals surface area contributed by atoms with Crippen molar-refractivity contribution in [3.63, 3.8) is 0 Å². The SMILES string of the molecule is CCOc1cc2c(cc1C=C1NC(=O)N(c3ccccc3)C1=O)OCO2. The lowest BCUT2D eigenvalue weighted by atomic mass is 10.1. The third-order valence-corrected chi connectivity index (χ3v) is 4.00. The fourth-order valence-corrected chi connectivity index (χ4v) is 2.83. The molecule has 7 heteroatoms. The van der Waals surface area contributed by atoms with Crippen LogP contribution < -0.4 is 24.4 Å². The Bertz CT molecular complexity index is 908. The molecule has 4 rings (SSSR count). The first-order valence-electron chi connectivity index (χ1n) is 8.16. The molecule has 2 heterocycles. The van der Waals surface area contributed by atoms with Crippen LogP contribution in [0.4, 0.5) is 10.5 Å². The highest BCUT2D eigenvalue weighted by molar-refractivity contribution is 6.28. The average molecular weight is 352 g/mol. The van der Waals surface area contributed by atoms with Gasteiger partial charge in [0.15, 0.2) is 11.5 Å². The van der Waals surface area contributed by atoms with Crippen molar-refractivity contribution in [2.75, 3.05) is 18.3 Å². The highest BCUT2D eigenvalue weighted by Gasteiger charge is 2.35. The lowest BCUT2D eigenvalue weighted by molar-refractivity contribution is -0.113. The second-order valence-corrected chi connectivity index (χ2v) is 5.64. The van der Waals surface area contributed by atoms with Crippen molar-refractivity contribution in [2.45, 2.75) is 6.92 Å². The van der Waals surface area contributed by atoms with E-state index in [0.717, 1.165) is 4.90 Å². The summed E-state index contributed by atoms with van der Waals surface area (Å²) in [6, 6.07) is 11.7. The Balaban J connectivity index is 1.71. The van der Waals surface area contributed by atoms with Gasteiger partial charge in [0.05, 0.1) is 12.3 Å². The number of urea groups is 1. The number of hydrogen-bond donors (Lipinski definition) is 1. The summed E-state index contributed by atoms with van der Waals surface area (Å²) in [7, 11) is 0. The van der Waals surface area contributed by atoms with Crippen LogP contribution in [0, 0.1) is 0 Å². The van der Waals surface area contributed by atoms with E-state index in [2.05, 4.69) is 5.32 Å². The standard InChI is InChI=1S/C19H16N2O5/c1-2-24-15-10-17-16(25-11-26-17)9-12(15)8-14-18(22)21(19(23)20-14)13-6-4-3-5-7-13/h3-10H,2,11H2,1H3,(H,20,23). The molecule has 3 amide bonds. The summed E-state index contributed by atoms with van der Waals surface area (Å²) in [6.07, 6.45) is 1.58. The van der Waals surface area contributed by atoms with E-state index < -0.39 is 11.9 Å². The molecule has 2 aliphatic heterocycles. The Kier molecular flexibility index (Phi) is 3.96. The molecule has 7 nitrogen and oxygen atoms in total. The van der Waals surface area contributed by atoms with Crippen LogP contribution in [0.15, 0.2) is 48.2 Å². The van der Waals surface area contributed by atoms with Crippen LogP contribution in [0.25, 0.3) is 6.08 Å². The molecule has 0 saturated carbocycles. The van der Waals surface area contributed by atoms with Gasteiger partial charge >= 0.3 is 6.03 Å². The van der Waals surface area contributed by atoms with E-state index in [-0.39, 0.29) is 12.5 Å². The number of hydrogen-bond acceptors (Lipinski definition) is 5. The number of rotatable bonds is 4. The Labute approximate surface area is 149 Å². The molecule has 0 unspecified atom stereocenters. The number of para-hydroxylation sites is 1. The van der Waals surface area contributed by atoms with Crippen molar-refractivity contribution < 1.29 is 23.8 Å². The number of fused-ring (bicyclic) bond motifs is 1. The molecule has 1 fully saturated rings. The Hall–Kier alpha value is -3.48. The monoisotopic (exact) mass is 352 g/mol. The lowest BCUT2D eigenvalue weighted by Crippen LogP contribution is -2.30. The van der Waals surface area contributed by atoms with Gasteiger partial charge in [-0.25, -0.2) is 9.69 Å². The molecule has 1 saturated heterocycles. The lowest BCUT2D eigenvalue weighted by Gasteiger charge is -2.11. The predicted molar refractivity (Wildman–Crippen MR) is 94.2 cm³/mol. The van der Waals surface area contributed by atoms with E-state index in [0.29, 0.717) is 35.1 Å². The predicted octanol–water partition coefficient (Wildman–Crippen LogP) is 2.91. The summed E-state index contributed by atoms with van der Waals surface area (Å²) in [5.41, 5.74) is 1.29. The van der Waals surface area contributed by atoms with E-state index in [9.17, 15) is 9.59 Å². The zero-order valence-corrected chi connectivity index (χ0v) is 14.0. The number of carbonyl (C=O) groups is 2. The number of ether oxygens (including phenoxy) is 3. The minimum atomic E-state index is -0.494. The third kappa shape index (κ3) is 2.73. The molecular formula is C19H16N2O5. The Morgan fingerprint density at radius 1 is 1.15 bits per heavy atom. The normalized spacial score (nSPS) is 17.0. The molecule has 0 aromatic heterocycles. The smallest absolute Gasteiger partial charge is 0.333 e. The van der Waals surface area contributed by atoms with Gasteiger partial charge in [-0.3, -0.25) is 4.79 Å². The van der Waals surface area contributed by atoms with E-state index in [1.807, 2.05) is 13.0 Å². The van der Waals surface area contributed by atoms with Crippen LogP contribution in [-0.4, -0.2) is 25.3 Å². The van der Waals surface area contributed by atoms with Crippen molar-refractivity contribution in [1.82, 2.24) is 5.32 Å². The van der Waals surface area contributed by atoms with Gasteiger partial charge in [0, 0.05) is 11.6 Å². The number of carbonyl (C=O) groups excluding carboxylic acids is 2. The van der Waals surface area contributed by atoms with Gasteiger partial charge < -0.3 is 19.5 Å². The average Bonchev–Trinajstić information content (AvgIpc) is 3.20. The van der Waals surface area contributed by atoms with Gasteiger partial charge in [-0.2, -0.15) is 0 Å². The molecule has 1 N–H and O–H groups in total. The van der Waals surface area contributed by atoms with Gasteiger partial charge in [-0.15, -0.1) is 0 Å². The second-order valence-electron chi connectivity index (χ2n) is 5.64. The molecule has 2 aromatic carbocycles. The number of nitrogens with zero attached hydrogens (tertiary/aromatic N) is 1. The van der Waals surface area contributed by atoms with Crippen molar-refractivity contribution in [3.05, 3.63) is 53.7 Å². The minimum Gasteiger partial charge on any atom is -0.493 e. The van der Waals surface area contributed by atoms with Gasteiger partial charge in [0.2, 0.25) is 6.79 Å². The highest BCUT2D eigenvalue weighted by Crippen LogP contribution is 2.39. The van der Waals surface area contributed by atoms with E-state index in [4.69, 9.17) is 14.2 Å². The van der Waals surface area contributed by atoms with Crippen LogP contribution in [0.2, 0.25) is 0 Å². The van der Waals surface area contributed by atoms with Gasteiger partial charge in [0.25, 0.3) is 5.91 Å². The molecule has 0 bridgehead atoms. The summed E-state index contributed by atoms with van der Waals surface area (Å²) in [5, 5.41) is 2.61. The summed E-state index contributed by atoms with van der Waals surface area (Å²) < 4.78 is 16.4. The van der Waals surface area contributed by atoms with Gasteiger partial charge in [0.1, 0.15) is 11.4 Å². The van der Waals surface area contributed by atoms with Gasteiger partial charge in [-0.1, -0.05) is 18.2 Å². The first-order chi connectivity index (χ1) is 12.7. The van der Waals surface area contributed by atoms with E-state index in [1.54, 1.807) is 42.5 Å².